The van der Waals surface area contributed by atoms with Gasteiger partial charge in [0.15, 0.2) is 11.6 Å². The fourth-order valence-electron chi connectivity index (χ4n) is 3.60. The Morgan fingerprint density at radius 3 is 2.10 bits per heavy atom. The first-order valence-electron chi connectivity index (χ1n) is 9.55. The molecule has 0 aliphatic carbocycles. The first-order chi connectivity index (χ1) is 14.5. The molecule has 3 aromatic rings. The quantitative estimate of drug-likeness (QED) is 0.461. The molecule has 150 valence electrons. The van der Waals surface area contributed by atoms with Crippen LogP contribution >= 0.6 is 11.8 Å². The van der Waals surface area contributed by atoms with Crippen molar-refractivity contribution in [1.29, 1.82) is 0 Å². The van der Waals surface area contributed by atoms with Crippen molar-refractivity contribution >= 4 is 23.3 Å². The lowest BCUT2D eigenvalue weighted by atomic mass is 9.87. The Balaban J connectivity index is 1.69. The summed E-state index contributed by atoms with van der Waals surface area (Å²) in [7, 11) is 0. The van der Waals surface area contributed by atoms with E-state index >= 15 is 0 Å². The highest BCUT2D eigenvalue weighted by atomic mass is 32.2. The van der Waals surface area contributed by atoms with Gasteiger partial charge >= 0.3 is 0 Å². The number of halogens is 2. The first-order valence-corrected chi connectivity index (χ1v) is 10.4. The molecule has 0 saturated carbocycles. The zero-order valence-electron chi connectivity index (χ0n) is 15.9. The Morgan fingerprint density at radius 2 is 1.43 bits per heavy atom. The molecule has 3 aromatic carbocycles. The van der Waals surface area contributed by atoms with Crippen molar-refractivity contribution in [3.63, 3.8) is 0 Å². The monoisotopic (exact) mass is 420 g/mol. The van der Waals surface area contributed by atoms with E-state index in [9.17, 15) is 18.4 Å². The smallest absolute Gasteiger partial charge is 0.199 e. The van der Waals surface area contributed by atoms with Crippen molar-refractivity contribution in [2.75, 3.05) is 0 Å². The number of allylic oxidation sites excluding steroid dienone is 2. The van der Waals surface area contributed by atoms with E-state index in [-0.39, 0.29) is 28.6 Å². The van der Waals surface area contributed by atoms with Gasteiger partial charge in [-0.15, -0.1) is 11.8 Å². The number of rotatable bonds is 5. The second kappa shape index (κ2) is 8.76. The molecule has 0 unspecified atom stereocenters. The van der Waals surface area contributed by atoms with E-state index in [1.54, 1.807) is 12.1 Å². The van der Waals surface area contributed by atoms with E-state index in [0.717, 1.165) is 5.56 Å². The lowest BCUT2D eigenvalue weighted by Crippen LogP contribution is -2.29. The normalized spacial score (nSPS) is 18.5. The van der Waals surface area contributed by atoms with Crippen LogP contribution in [0, 0.1) is 11.6 Å². The van der Waals surface area contributed by atoms with E-state index in [4.69, 9.17) is 0 Å². The summed E-state index contributed by atoms with van der Waals surface area (Å²) >= 11 is 1.17. The topological polar surface area (TPSA) is 34.1 Å². The second-order valence-electron chi connectivity index (χ2n) is 7.07. The lowest BCUT2D eigenvalue weighted by molar-refractivity contribution is 0.0980. The zero-order valence-corrected chi connectivity index (χ0v) is 16.7. The molecule has 1 aliphatic rings. The van der Waals surface area contributed by atoms with Gasteiger partial charge in [-0.1, -0.05) is 60.7 Å². The molecule has 0 fully saturated rings. The molecule has 0 N–H and O–H groups in total. The summed E-state index contributed by atoms with van der Waals surface area (Å²) in [6.07, 6.45) is 2.30. The summed E-state index contributed by atoms with van der Waals surface area (Å²) in [6.45, 7) is 0. The number of carbonyl (C=O) groups is 2. The van der Waals surface area contributed by atoms with Crippen molar-refractivity contribution in [1.82, 2.24) is 0 Å². The largest absolute Gasteiger partial charge is 0.293 e. The summed E-state index contributed by atoms with van der Waals surface area (Å²) < 4.78 is 27.3. The minimum atomic E-state index is -0.591. The Hall–Kier alpha value is -3.05. The number of benzene rings is 3. The Labute approximate surface area is 177 Å². The van der Waals surface area contributed by atoms with Crippen LogP contribution in [0.3, 0.4) is 0 Å². The average Bonchev–Trinajstić information content (AvgIpc) is 2.78. The van der Waals surface area contributed by atoms with Gasteiger partial charge in [0.25, 0.3) is 0 Å². The molecule has 1 aliphatic heterocycles. The predicted octanol–water partition coefficient (Wildman–Crippen LogP) is 6.20. The summed E-state index contributed by atoms with van der Waals surface area (Å²) in [5, 5.41) is -0.591. The molecular formula is C25H18F2O2S. The van der Waals surface area contributed by atoms with Gasteiger partial charge in [0, 0.05) is 17.0 Å². The van der Waals surface area contributed by atoms with Crippen molar-refractivity contribution in [3.8, 4) is 0 Å². The standard InChI is InChI=1S/C25H18F2O2S/c26-19-10-4-8-17(14-19)23(28)22-13-12-21(16-6-2-1-3-7-16)25(30-22)24(29)18-9-5-11-20(27)15-18/h1-11,13-15,21,25H,12H2/t21-,25+/m0/s1. The van der Waals surface area contributed by atoms with E-state index < -0.39 is 16.9 Å². The maximum absolute atomic E-state index is 13.7. The van der Waals surface area contributed by atoms with Crippen LogP contribution in [0.25, 0.3) is 0 Å². The van der Waals surface area contributed by atoms with Crippen LogP contribution in [-0.2, 0) is 0 Å². The van der Waals surface area contributed by atoms with Gasteiger partial charge in [-0.3, -0.25) is 9.59 Å². The van der Waals surface area contributed by atoms with E-state index in [0.29, 0.717) is 11.3 Å². The predicted molar refractivity (Wildman–Crippen MR) is 115 cm³/mol. The van der Waals surface area contributed by atoms with Gasteiger partial charge < -0.3 is 0 Å². The van der Waals surface area contributed by atoms with Crippen molar-refractivity contribution in [2.45, 2.75) is 17.6 Å². The molecular weight excluding hydrogens is 402 g/mol. The summed E-state index contributed by atoms with van der Waals surface area (Å²) in [5.41, 5.74) is 1.49. The molecule has 0 aromatic heterocycles. The molecule has 2 nitrogen and oxygen atoms in total. The Kier molecular flexibility index (Phi) is 5.91. The van der Waals surface area contributed by atoms with E-state index in [2.05, 4.69) is 0 Å². The zero-order chi connectivity index (χ0) is 21.1. The van der Waals surface area contributed by atoms with Crippen molar-refractivity contribution in [2.24, 2.45) is 0 Å². The Bertz CT molecular complexity index is 1120. The Morgan fingerprint density at radius 1 is 0.800 bits per heavy atom. The molecule has 0 radical (unpaired) electrons. The summed E-state index contributed by atoms with van der Waals surface area (Å²) in [4.78, 5) is 26.6. The summed E-state index contributed by atoms with van der Waals surface area (Å²) in [6, 6.07) is 20.7. The minimum absolute atomic E-state index is 0.156. The number of carbonyl (C=O) groups excluding carboxylic acids is 2. The number of Topliss-reactive ketones (excluding diaryl/α,β-unsaturated/α-hetero) is 2. The SMILES string of the molecule is O=C(C1=CC[C@@H](c2ccccc2)[C@H](C(=O)c2cccc(F)c2)S1)c1cccc(F)c1. The molecule has 30 heavy (non-hydrogen) atoms. The third-order valence-electron chi connectivity index (χ3n) is 5.08. The minimum Gasteiger partial charge on any atom is -0.293 e. The van der Waals surface area contributed by atoms with Crippen molar-refractivity contribution < 1.29 is 18.4 Å². The fraction of sp³-hybridized carbons (Fsp3) is 0.120. The second-order valence-corrected chi connectivity index (χ2v) is 8.26. The summed E-state index contributed by atoms with van der Waals surface area (Å²) in [5.74, 6) is -1.67. The van der Waals surface area contributed by atoms with Crippen LogP contribution in [0.5, 0.6) is 0 Å². The highest BCUT2D eigenvalue weighted by molar-refractivity contribution is 8.05. The van der Waals surface area contributed by atoms with E-state index in [1.807, 2.05) is 36.4 Å². The van der Waals surface area contributed by atoms with Crippen LogP contribution in [0.2, 0.25) is 0 Å². The lowest BCUT2D eigenvalue weighted by Gasteiger charge is -2.30. The van der Waals surface area contributed by atoms with Gasteiger partial charge in [0.05, 0.1) is 10.2 Å². The molecule has 5 heteroatoms. The van der Waals surface area contributed by atoms with Crippen LogP contribution in [0.15, 0.2) is 89.8 Å². The maximum atomic E-state index is 13.7. The number of ketones is 2. The maximum Gasteiger partial charge on any atom is 0.199 e. The number of thioether (sulfide) groups is 1. The molecule has 0 spiro atoms. The first kappa shape index (κ1) is 20.2. The molecule has 1 heterocycles. The molecule has 2 atom stereocenters. The molecule has 0 saturated heterocycles. The highest BCUT2D eigenvalue weighted by Gasteiger charge is 2.36. The van der Waals surface area contributed by atoms with Gasteiger partial charge in [-0.25, -0.2) is 8.78 Å². The van der Waals surface area contributed by atoms with Crippen LogP contribution in [-0.4, -0.2) is 16.8 Å². The molecule has 0 amide bonds. The molecule has 4 rings (SSSR count). The van der Waals surface area contributed by atoms with Gasteiger partial charge in [0.1, 0.15) is 11.6 Å². The average molecular weight is 420 g/mol. The van der Waals surface area contributed by atoms with Gasteiger partial charge in [-0.2, -0.15) is 0 Å². The molecule has 0 bridgehead atoms. The van der Waals surface area contributed by atoms with Crippen LogP contribution in [0.1, 0.15) is 38.6 Å². The third kappa shape index (κ3) is 4.26. The third-order valence-corrected chi connectivity index (χ3v) is 6.48. The van der Waals surface area contributed by atoms with Crippen molar-refractivity contribution in [3.05, 3.63) is 118 Å². The van der Waals surface area contributed by atoms with E-state index in [1.165, 1.54) is 48.2 Å². The van der Waals surface area contributed by atoms with Gasteiger partial charge in [0.2, 0.25) is 0 Å². The highest BCUT2D eigenvalue weighted by Crippen LogP contribution is 2.43. The number of hydrogen-bond acceptors (Lipinski definition) is 3. The fourth-order valence-corrected chi connectivity index (χ4v) is 4.96. The number of hydrogen-bond donors (Lipinski definition) is 0. The van der Waals surface area contributed by atoms with Gasteiger partial charge in [-0.05, 0) is 36.2 Å². The van der Waals surface area contributed by atoms with Crippen LogP contribution in [0.4, 0.5) is 8.78 Å². The van der Waals surface area contributed by atoms with Crippen LogP contribution < -0.4 is 0 Å².